The van der Waals surface area contributed by atoms with Crippen molar-refractivity contribution in [1.29, 1.82) is 0 Å². The van der Waals surface area contributed by atoms with Crippen LogP contribution in [0.5, 0.6) is 0 Å². The largest absolute Gasteiger partial charge is 0.465 e. The normalized spacial score (nSPS) is 10.1. The van der Waals surface area contributed by atoms with Crippen molar-refractivity contribution in [3.63, 3.8) is 0 Å². The molecule has 0 spiro atoms. The number of ether oxygens (including phenoxy) is 1. The number of aromatic nitrogens is 2. The number of halogens is 1. The summed E-state index contributed by atoms with van der Waals surface area (Å²) in [5, 5.41) is 4.10. The van der Waals surface area contributed by atoms with Gasteiger partial charge in [0.2, 0.25) is 0 Å². The van der Waals surface area contributed by atoms with Gasteiger partial charge in [0.15, 0.2) is 0 Å². The molecule has 0 atom stereocenters. The monoisotopic (exact) mass is 280 g/mol. The third kappa shape index (κ3) is 1.99. The predicted octanol–water partition coefficient (Wildman–Crippen LogP) is 2.42. The Labute approximate surface area is 101 Å². The number of benzene rings is 1. The SMILES string of the molecule is COC(=O)c1cnn(-c2ccccc2Br)c1. The van der Waals surface area contributed by atoms with Crippen molar-refractivity contribution in [2.45, 2.75) is 0 Å². The zero-order valence-corrected chi connectivity index (χ0v) is 10.1. The smallest absolute Gasteiger partial charge is 0.341 e. The Kier molecular flexibility index (Phi) is 3.05. The van der Waals surface area contributed by atoms with E-state index < -0.39 is 5.97 Å². The molecule has 0 aliphatic rings. The van der Waals surface area contributed by atoms with Crippen molar-refractivity contribution in [2.24, 2.45) is 0 Å². The lowest BCUT2D eigenvalue weighted by molar-refractivity contribution is 0.0600. The predicted molar refractivity (Wildman–Crippen MR) is 62.6 cm³/mol. The van der Waals surface area contributed by atoms with E-state index in [1.165, 1.54) is 13.3 Å². The summed E-state index contributed by atoms with van der Waals surface area (Å²) in [4.78, 5) is 11.3. The van der Waals surface area contributed by atoms with E-state index in [1.807, 2.05) is 24.3 Å². The summed E-state index contributed by atoms with van der Waals surface area (Å²) >= 11 is 3.42. The van der Waals surface area contributed by atoms with E-state index >= 15 is 0 Å². The number of rotatable bonds is 2. The molecule has 1 heterocycles. The Morgan fingerprint density at radius 1 is 1.44 bits per heavy atom. The maximum Gasteiger partial charge on any atom is 0.341 e. The Morgan fingerprint density at radius 3 is 2.88 bits per heavy atom. The third-order valence-corrected chi connectivity index (χ3v) is 2.77. The second kappa shape index (κ2) is 4.49. The summed E-state index contributed by atoms with van der Waals surface area (Å²) in [7, 11) is 1.35. The average Bonchev–Trinajstić information content (AvgIpc) is 2.78. The van der Waals surface area contributed by atoms with Crippen LogP contribution in [-0.2, 0) is 4.74 Å². The fourth-order valence-corrected chi connectivity index (χ4v) is 1.78. The molecular weight excluding hydrogens is 272 g/mol. The fraction of sp³-hybridized carbons (Fsp3) is 0.0909. The highest BCUT2D eigenvalue weighted by molar-refractivity contribution is 9.10. The molecule has 0 unspecified atom stereocenters. The molecule has 0 saturated carbocycles. The zero-order valence-electron chi connectivity index (χ0n) is 8.55. The van der Waals surface area contributed by atoms with Crippen molar-refractivity contribution < 1.29 is 9.53 Å². The van der Waals surface area contributed by atoms with Crippen LogP contribution in [0.2, 0.25) is 0 Å². The number of esters is 1. The molecule has 0 aliphatic heterocycles. The lowest BCUT2D eigenvalue weighted by Gasteiger charge is -2.02. The number of nitrogens with zero attached hydrogens (tertiary/aromatic N) is 2. The highest BCUT2D eigenvalue weighted by Gasteiger charge is 2.10. The van der Waals surface area contributed by atoms with E-state index in [1.54, 1.807) is 10.9 Å². The molecule has 0 fully saturated rings. The fourth-order valence-electron chi connectivity index (χ4n) is 1.32. The highest BCUT2D eigenvalue weighted by Crippen LogP contribution is 2.19. The van der Waals surface area contributed by atoms with Gasteiger partial charge in [-0.05, 0) is 28.1 Å². The minimum atomic E-state index is -0.390. The molecule has 1 aromatic heterocycles. The maximum atomic E-state index is 11.3. The molecule has 16 heavy (non-hydrogen) atoms. The van der Waals surface area contributed by atoms with Gasteiger partial charge < -0.3 is 4.74 Å². The second-order valence-corrected chi connectivity index (χ2v) is 3.97. The molecule has 5 heteroatoms. The minimum absolute atomic E-state index is 0.390. The molecule has 2 aromatic rings. The number of methoxy groups -OCH3 is 1. The molecule has 2 rings (SSSR count). The van der Waals surface area contributed by atoms with Crippen molar-refractivity contribution in [3.8, 4) is 5.69 Å². The van der Waals surface area contributed by atoms with Gasteiger partial charge in [0, 0.05) is 10.7 Å². The molecule has 0 amide bonds. The molecular formula is C11H9BrN2O2. The van der Waals surface area contributed by atoms with Crippen LogP contribution in [0, 0.1) is 0 Å². The molecule has 1 aromatic carbocycles. The molecule has 0 radical (unpaired) electrons. The number of hydrogen-bond donors (Lipinski definition) is 0. The van der Waals surface area contributed by atoms with Crippen LogP contribution in [0.4, 0.5) is 0 Å². The average molecular weight is 281 g/mol. The van der Waals surface area contributed by atoms with Crippen LogP contribution in [0.1, 0.15) is 10.4 Å². The lowest BCUT2D eigenvalue weighted by atomic mass is 10.3. The number of para-hydroxylation sites is 1. The first kappa shape index (κ1) is 10.9. The van der Waals surface area contributed by atoms with Crippen LogP contribution in [-0.4, -0.2) is 22.9 Å². The maximum absolute atomic E-state index is 11.3. The Morgan fingerprint density at radius 2 is 2.19 bits per heavy atom. The van der Waals surface area contributed by atoms with Crippen LogP contribution >= 0.6 is 15.9 Å². The summed E-state index contributed by atoms with van der Waals surface area (Å²) < 4.78 is 7.14. The van der Waals surface area contributed by atoms with Crippen molar-refractivity contribution in [1.82, 2.24) is 9.78 Å². The van der Waals surface area contributed by atoms with E-state index in [9.17, 15) is 4.79 Å². The topological polar surface area (TPSA) is 44.1 Å². The molecule has 0 N–H and O–H groups in total. The van der Waals surface area contributed by atoms with Crippen LogP contribution in [0.15, 0.2) is 41.1 Å². The molecule has 0 bridgehead atoms. The van der Waals surface area contributed by atoms with Crippen LogP contribution < -0.4 is 0 Å². The van der Waals surface area contributed by atoms with Gasteiger partial charge in [-0.15, -0.1) is 0 Å². The van der Waals surface area contributed by atoms with Gasteiger partial charge in [-0.25, -0.2) is 9.48 Å². The Balaban J connectivity index is 2.39. The minimum Gasteiger partial charge on any atom is -0.465 e. The van der Waals surface area contributed by atoms with Crippen LogP contribution in [0.3, 0.4) is 0 Å². The van der Waals surface area contributed by atoms with Gasteiger partial charge in [-0.3, -0.25) is 0 Å². The van der Waals surface area contributed by atoms with Gasteiger partial charge in [0.05, 0.1) is 24.6 Å². The Bertz CT molecular complexity index is 522. The first-order chi connectivity index (χ1) is 7.72. The van der Waals surface area contributed by atoms with Crippen LogP contribution in [0.25, 0.3) is 5.69 Å². The van der Waals surface area contributed by atoms with Crippen molar-refractivity contribution >= 4 is 21.9 Å². The quantitative estimate of drug-likeness (QED) is 0.794. The van der Waals surface area contributed by atoms with E-state index in [0.717, 1.165) is 10.2 Å². The number of carbonyl (C=O) groups excluding carboxylic acids is 1. The molecule has 82 valence electrons. The molecule has 4 nitrogen and oxygen atoms in total. The third-order valence-electron chi connectivity index (χ3n) is 2.10. The van der Waals surface area contributed by atoms with Crippen molar-refractivity contribution in [2.75, 3.05) is 7.11 Å². The Hall–Kier alpha value is -1.62. The summed E-state index contributed by atoms with van der Waals surface area (Å²) in [6.45, 7) is 0. The van der Waals surface area contributed by atoms with E-state index in [4.69, 9.17) is 0 Å². The number of hydrogen-bond acceptors (Lipinski definition) is 3. The van der Waals surface area contributed by atoms with Gasteiger partial charge in [-0.1, -0.05) is 12.1 Å². The van der Waals surface area contributed by atoms with Gasteiger partial charge in [0.25, 0.3) is 0 Å². The second-order valence-electron chi connectivity index (χ2n) is 3.12. The highest BCUT2D eigenvalue weighted by atomic mass is 79.9. The van der Waals surface area contributed by atoms with E-state index in [-0.39, 0.29) is 0 Å². The molecule has 0 saturated heterocycles. The summed E-state index contributed by atoms with van der Waals surface area (Å²) in [5.74, 6) is -0.390. The number of carbonyl (C=O) groups is 1. The van der Waals surface area contributed by atoms with Gasteiger partial charge in [-0.2, -0.15) is 5.10 Å². The zero-order chi connectivity index (χ0) is 11.5. The van der Waals surface area contributed by atoms with Crippen molar-refractivity contribution in [3.05, 3.63) is 46.7 Å². The standard InChI is InChI=1S/C11H9BrN2O2/c1-16-11(15)8-6-13-14(7-8)10-5-3-2-4-9(10)12/h2-7H,1H3. The first-order valence-corrected chi connectivity index (χ1v) is 5.39. The van der Waals surface area contributed by atoms with E-state index in [0.29, 0.717) is 5.56 Å². The lowest BCUT2D eigenvalue weighted by Crippen LogP contribution is -1.99. The molecule has 0 aliphatic carbocycles. The van der Waals surface area contributed by atoms with Gasteiger partial charge >= 0.3 is 5.97 Å². The summed E-state index contributed by atoms with van der Waals surface area (Å²) in [5.41, 5.74) is 1.30. The summed E-state index contributed by atoms with van der Waals surface area (Å²) in [6, 6.07) is 7.63. The first-order valence-electron chi connectivity index (χ1n) is 4.60. The summed E-state index contributed by atoms with van der Waals surface area (Å²) in [6.07, 6.45) is 3.11. The van der Waals surface area contributed by atoms with E-state index in [2.05, 4.69) is 25.8 Å². The van der Waals surface area contributed by atoms with Gasteiger partial charge in [0.1, 0.15) is 0 Å².